The SMILES string of the molecule is C=C(Oc1ccccc1C1OC1OC(C)(C)C)c1ccccc1OC(=O)c1cccnc1. The van der Waals surface area contributed by atoms with Crippen molar-refractivity contribution in [2.24, 2.45) is 0 Å². The average molecular weight is 431 g/mol. The van der Waals surface area contributed by atoms with E-state index in [0.29, 0.717) is 28.4 Å². The minimum atomic E-state index is -0.507. The maximum absolute atomic E-state index is 12.5. The van der Waals surface area contributed by atoms with Gasteiger partial charge in [0.2, 0.25) is 0 Å². The Kier molecular flexibility index (Phi) is 6.08. The summed E-state index contributed by atoms with van der Waals surface area (Å²) >= 11 is 0. The number of benzene rings is 2. The van der Waals surface area contributed by atoms with Crippen molar-refractivity contribution in [1.82, 2.24) is 4.98 Å². The van der Waals surface area contributed by atoms with Gasteiger partial charge in [0.1, 0.15) is 23.4 Å². The monoisotopic (exact) mass is 431 g/mol. The maximum atomic E-state index is 12.5. The summed E-state index contributed by atoms with van der Waals surface area (Å²) in [6.07, 6.45) is 2.52. The van der Waals surface area contributed by atoms with Crippen molar-refractivity contribution in [2.45, 2.75) is 38.8 Å². The first kappa shape index (κ1) is 21.7. The van der Waals surface area contributed by atoms with Crippen molar-refractivity contribution in [2.75, 3.05) is 0 Å². The van der Waals surface area contributed by atoms with Gasteiger partial charge in [-0.2, -0.15) is 0 Å². The number of ether oxygens (including phenoxy) is 4. The second-order valence-corrected chi connectivity index (χ2v) is 8.35. The van der Waals surface area contributed by atoms with E-state index in [1.807, 2.05) is 51.1 Å². The highest BCUT2D eigenvalue weighted by Crippen LogP contribution is 2.45. The Morgan fingerprint density at radius 1 is 0.969 bits per heavy atom. The molecule has 3 aromatic rings. The molecule has 0 saturated carbocycles. The normalized spacial score (nSPS) is 17.5. The van der Waals surface area contributed by atoms with Crippen LogP contribution in [0, 0.1) is 0 Å². The van der Waals surface area contributed by atoms with E-state index in [9.17, 15) is 4.79 Å². The molecule has 1 saturated heterocycles. The zero-order valence-corrected chi connectivity index (χ0v) is 18.3. The van der Waals surface area contributed by atoms with E-state index in [-0.39, 0.29) is 18.0 Å². The average Bonchev–Trinajstić information content (AvgIpc) is 3.52. The largest absolute Gasteiger partial charge is 0.457 e. The lowest BCUT2D eigenvalue weighted by molar-refractivity contribution is -0.0570. The molecule has 1 aliphatic rings. The summed E-state index contributed by atoms with van der Waals surface area (Å²) in [5, 5.41) is 0. The summed E-state index contributed by atoms with van der Waals surface area (Å²) in [5.41, 5.74) is 1.48. The van der Waals surface area contributed by atoms with E-state index in [1.165, 1.54) is 6.20 Å². The molecule has 0 N–H and O–H groups in total. The summed E-state index contributed by atoms with van der Waals surface area (Å²) in [4.78, 5) is 16.4. The van der Waals surface area contributed by atoms with Gasteiger partial charge in [0.25, 0.3) is 0 Å². The van der Waals surface area contributed by atoms with Crippen molar-refractivity contribution >= 4 is 11.7 Å². The predicted octanol–water partition coefficient (Wildman–Crippen LogP) is 5.56. The molecule has 6 heteroatoms. The fourth-order valence-corrected chi connectivity index (χ4v) is 3.18. The van der Waals surface area contributed by atoms with Crippen LogP contribution in [0.5, 0.6) is 11.5 Å². The summed E-state index contributed by atoms with van der Waals surface area (Å²) in [6, 6.07) is 18.0. The number of hydrogen-bond donors (Lipinski definition) is 0. The molecular formula is C26H25NO5. The van der Waals surface area contributed by atoms with Gasteiger partial charge >= 0.3 is 5.97 Å². The third-order valence-electron chi connectivity index (χ3n) is 4.67. The molecule has 0 amide bonds. The summed E-state index contributed by atoms with van der Waals surface area (Å²) in [5.74, 6) is 0.796. The molecule has 164 valence electrons. The predicted molar refractivity (Wildman–Crippen MR) is 120 cm³/mol. The summed E-state index contributed by atoms with van der Waals surface area (Å²) in [6.45, 7) is 10.0. The lowest BCUT2D eigenvalue weighted by atomic mass is 10.1. The van der Waals surface area contributed by atoms with Gasteiger partial charge < -0.3 is 18.9 Å². The Morgan fingerprint density at radius 2 is 1.69 bits per heavy atom. The molecule has 0 aliphatic carbocycles. The van der Waals surface area contributed by atoms with Crippen molar-refractivity contribution in [3.8, 4) is 11.5 Å². The number of para-hydroxylation sites is 2. The maximum Gasteiger partial charge on any atom is 0.345 e. The minimum absolute atomic E-state index is 0.211. The van der Waals surface area contributed by atoms with Crippen LogP contribution in [0.1, 0.15) is 48.4 Å². The molecule has 2 unspecified atom stereocenters. The second kappa shape index (κ2) is 8.94. The van der Waals surface area contributed by atoms with E-state index in [4.69, 9.17) is 18.9 Å². The van der Waals surface area contributed by atoms with Gasteiger partial charge in [0, 0.05) is 18.0 Å². The smallest absolute Gasteiger partial charge is 0.345 e. The van der Waals surface area contributed by atoms with Crippen LogP contribution in [0.25, 0.3) is 5.76 Å². The van der Waals surface area contributed by atoms with Gasteiger partial charge in [-0.25, -0.2) is 4.79 Å². The van der Waals surface area contributed by atoms with E-state index in [1.54, 1.807) is 36.5 Å². The molecule has 4 rings (SSSR count). The number of rotatable bonds is 7. The number of pyridine rings is 1. The molecule has 6 nitrogen and oxygen atoms in total. The summed E-state index contributed by atoms with van der Waals surface area (Å²) in [7, 11) is 0. The van der Waals surface area contributed by atoms with Gasteiger partial charge in [-0.3, -0.25) is 4.98 Å². The van der Waals surface area contributed by atoms with Crippen LogP contribution < -0.4 is 9.47 Å². The third kappa shape index (κ3) is 5.22. The third-order valence-corrected chi connectivity index (χ3v) is 4.67. The molecule has 2 heterocycles. The molecule has 2 aromatic carbocycles. The van der Waals surface area contributed by atoms with Crippen molar-refractivity contribution in [3.63, 3.8) is 0 Å². The zero-order chi connectivity index (χ0) is 22.7. The standard InChI is InChI=1S/C26H25NO5/c1-17(19-11-5-7-13-21(19)30-24(28)18-10-9-15-27-16-18)29-22-14-8-6-12-20(22)23-25(31-23)32-26(2,3)4/h5-16,23,25H,1H2,2-4H3. The fraction of sp³-hybridized carbons (Fsp3) is 0.231. The Bertz CT molecular complexity index is 1120. The fourth-order valence-electron chi connectivity index (χ4n) is 3.18. The Balaban J connectivity index is 1.51. The molecule has 32 heavy (non-hydrogen) atoms. The molecule has 0 spiro atoms. The van der Waals surface area contributed by atoms with Crippen LogP contribution in [-0.4, -0.2) is 22.8 Å². The van der Waals surface area contributed by atoms with Crippen molar-refractivity contribution in [1.29, 1.82) is 0 Å². The number of hydrogen-bond acceptors (Lipinski definition) is 6. The van der Waals surface area contributed by atoms with E-state index in [0.717, 1.165) is 5.56 Å². The lowest BCUT2D eigenvalue weighted by Crippen LogP contribution is -2.21. The molecule has 1 aromatic heterocycles. The number of carbonyl (C=O) groups is 1. The topological polar surface area (TPSA) is 70.2 Å². The van der Waals surface area contributed by atoms with Gasteiger partial charge in [0.15, 0.2) is 6.29 Å². The molecule has 0 radical (unpaired) electrons. The van der Waals surface area contributed by atoms with Crippen LogP contribution >= 0.6 is 0 Å². The van der Waals surface area contributed by atoms with Crippen LogP contribution in [-0.2, 0) is 9.47 Å². The Morgan fingerprint density at radius 3 is 2.41 bits per heavy atom. The lowest BCUT2D eigenvalue weighted by Gasteiger charge is -2.18. The second-order valence-electron chi connectivity index (χ2n) is 8.35. The first-order valence-electron chi connectivity index (χ1n) is 10.3. The number of carbonyl (C=O) groups excluding carboxylic acids is 1. The quantitative estimate of drug-likeness (QED) is 0.211. The van der Waals surface area contributed by atoms with Crippen molar-refractivity contribution < 1.29 is 23.7 Å². The molecular weight excluding hydrogens is 406 g/mol. The highest BCUT2D eigenvalue weighted by Gasteiger charge is 2.45. The van der Waals surface area contributed by atoms with Crippen LogP contribution in [0.2, 0.25) is 0 Å². The van der Waals surface area contributed by atoms with Gasteiger partial charge in [-0.1, -0.05) is 36.9 Å². The van der Waals surface area contributed by atoms with Crippen molar-refractivity contribution in [3.05, 3.63) is 96.3 Å². The highest BCUT2D eigenvalue weighted by molar-refractivity contribution is 5.91. The van der Waals surface area contributed by atoms with Gasteiger partial charge in [-0.05, 0) is 51.1 Å². The summed E-state index contributed by atoms with van der Waals surface area (Å²) < 4.78 is 23.3. The first-order chi connectivity index (χ1) is 15.3. The molecule has 1 aliphatic heterocycles. The zero-order valence-electron chi connectivity index (χ0n) is 18.3. The molecule has 0 bridgehead atoms. The van der Waals surface area contributed by atoms with Gasteiger partial charge in [-0.15, -0.1) is 0 Å². The molecule has 1 fully saturated rings. The number of aromatic nitrogens is 1. The molecule has 2 atom stereocenters. The van der Waals surface area contributed by atoms with Crippen LogP contribution in [0.4, 0.5) is 0 Å². The first-order valence-corrected chi connectivity index (χ1v) is 10.3. The van der Waals surface area contributed by atoms with Crippen LogP contribution in [0.15, 0.2) is 79.6 Å². The van der Waals surface area contributed by atoms with E-state index in [2.05, 4.69) is 11.6 Å². The highest BCUT2D eigenvalue weighted by atomic mass is 16.8. The Hall–Kier alpha value is -3.48. The number of esters is 1. The Labute approximate surface area is 187 Å². The van der Waals surface area contributed by atoms with E-state index < -0.39 is 5.97 Å². The van der Waals surface area contributed by atoms with Crippen LogP contribution in [0.3, 0.4) is 0 Å². The number of nitrogens with zero attached hydrogens (tertiary/aromatic N) is 1. The number of epoxide rings is 1. The van der Waals surface area contributed by atoms with E-state index >= 15 is 0 Å². The minimum Gasteiger partial charge on any atom is -0.457 e. The van der Waals surface area contributed by atoms with Gasteiger partial charge in [0.05, 0.1) is 16.7 Å².